The van der Waals surface area contributed by atoms with E-state index in [9.17, 15) is 0 Å². The number of nitrogens with zero attached hydrogens (tertiary/aromatic N) is 4. The van der Waals surface area contributed by atoms with E-state index in [-0.39, 0.29) is 6.04 Å². The van der Waals surface area contributed by atoms with Crippen LogP contribution in [0.1, 0.15) is 37.3 Å². The van der Waals surface area contributed by atoms with Crippen molar-refractivity contribution < 1.29 is 0 Å². The molecule has 2 atom stereocenters. The Balaban J connectivity index is 1.44. The lowest BCUT2D eigenvalue weighted by Crippen LogP contribution is -2.33. The van der Waals surface area contributed by atoms with Gasteiger partial charge < -0.3 is 20.1 Å². The second-order valence-electron chi connectivity index (χ2n) is 6.72. The fraction of sp³-hybridized carbons (Fsp3) is 0.812. The van der Waals surface area contributed by atoms with Gasteiger partial charge in [-0.3, -0.25) is 0 Å². The first kappa shape index (κ1) is 15.0. The summed E-state index contributed by atoms with van der Waals surface area (Å²) in [5.74, 6) is 0.437. The normalized spacial score (nSPS) is 28.3. The van der Waals surface area contributed by atoms with Crippen molar-refractivity contribution >= 4 is 0 Å². The second kappa shape index (κ2) is 6.90. The van der Waals surface area contributed by atoms with Gasteiger partial charge >= 0.3 is 0 Å². The average molecular weight is 291 g/mol. The molecule has 0 aliphatic carbocycles. The molecule has 1 aromatic heterocycles. The van der Waals surface area contributed by atoms with Crippen LogP contribution in [0.15, 0.2) is 12.5 Å². The molecule has 21 heavy (non-hydrogen) atoms. The number of rotatable bonds is 5. The number of piperidine rings is 1. The molecule has 2 aliphatic heterocycles. The molecule has 0 bridgehead atoms. The molecule has 2 saturated heterocycles. The van der Waals surface area contributed by atoms with E-state index < -0.39 is 0 Å². The summed E-state index contributed by atoms with van der Waals surface area (Å²) in [6, 6.07) is 0.246. The highest BCUT2D eigenvalue weighted by Crippen LogP contribution is 2.25. The molecule has 0 spiro atoms. The molecule has 2 fully saturated rings. The molecule has 0 amide bonds. The summed E-state index contributed by atoms with van der Waals surface area (Å²) in [7, 11) is 2.06. The fourth-order valence-corrected chi connectivity index (χ4v) is 3.83. The summed E-state index contributed by atoms with van der Waals surface area (Å²) in [5, 5.41) is 0. The van der Waals surface area contributed by atoms with Gasteiger partial charge in [0, 0.05) is 44.0 Å². The summed E-state index contributed by atoms with van der Waals surface area (Å²) in [5.41, 5.74) is 7.63. The summed E-state index contributed by atoms with van der Waals surface area (Å²) in [6.45, 7) is 7.14. The maximum Gasteiger partial charge on any atom is 0.0945 e. The molecule has 5 nitrogen and oxygen atoms in total. The molecule has 0 radical (unpaired) electrons. The van der Waals surface area contributed by atoms with Gasteiger partial charge in [-0.05, 0) is 45.4 Å². The zero-order chi connectivity index (χ0) is 14.7. The van der Waals surface area contributed by atoms with Crippen LogP contribution < -0.4 is 5.73 Å². The Labute approximate surface area is 128 Å². The van der Waals surface area contributed by atoms with Crippen LogP contribution in [0.2, 0.25) is 0 Å². The summed E-state index contributed by atoms with van der Waals surface area (Å²) < 4.78 is 2.11. The molecule has 0 aromatic carbocycles. The van der Waals surface area contributed by atoms with Crippen LogP contribution in [-0.2, 0) is 7.05 Å². The fourth-order valence-electron chi connectivity index (χ4n) is 3.83. The minimum absolute atomic E-state index is 0.246. The van der Waals surface area contributed by atoms with Crippen LogP contribution in [0.25, 0.3) is 0 Å². The molecule has 3 rings (SSSR count). The van der Waals surface area contributed by atoms with Crippen molar-refractivity contribution in [3.05, 3.63) is 18.2 Å². The molecule has 2 aliphatic rings. The standard InChI is InChI=1S/C16H29N5/c1-19-13-18-10-16(19)14-11-21(12-15(14)17)9-5-8-20-6-3-2-4-7-20/h10,13-15H,2-9,11-12,17H2,1H3/t14-,15-/m1/s1. The molecule has 0 saturated carbocycles. The first-order valence-corrected chi connectivity index (χ1v) is 8.40. The van der Waals surface area contributed by atoms with Crippen molar-refractivity contribution in [2.75, 3.05) is 39.3 Å². The van der Waals surface area contributed by atoms with Crippen LogP contribution in [0.3, 0.4) is 0 Å². The van der Waals surface area contributed by atoms with E-state index in [0.717, 1.165) is 13.1 Å². The van der Waals surface area contributed by atoms with Crippen molar-refractivity contribution in [1.29, 1.82) is 0 Å². The minimum atomic E-state index is 0.246. The highest BCUT2D eigenvalue weighted by atomic mass is 15.2. The molecule has 3 heterocycles. The highest BCUT2D eigenvalue weighted by molar-refractivity contribution is 5.13. The van der Waals surface area contributed by atoms with Gasteiger partial charge in [-0.1, -0.05) is 6.42 Å². The second-order valence-corrected chi connectivity index (χ2v) is 6.72. The van der Waals surface area contributed by atoms with Crippen molar-refractivity contribution in [3.63, 3.8) is 0 Å². The lowest BCUT2D eigenvalue weighted by atomic mass is 10.0. The predicted molar refractivity (Wildman–Crippen MR) is 85.3 cm³/mol. The maximum absolute atomic E-state index is 6.35. The Hall–Kier alpha value is -0.910. The molecular weight excluding hydrogens is 262 g/mol. The van der Waals surface area contributed by atoms with Crippen molar-refractivity contribution in [1.82, 2.24) is 19.4 Å². The van der Waals surface area contributed by atoms with Gasteiger partial charge in [-0.15, -0.1) is 0 Å². The van der Waals surface area contributed by atoms with Gasteiger partial charge in [0.2, 0.25) is 0 Å². The third-order valence-corrected chi connectivity index (χ3v) is 5.07. The first-order chi connectivity index (χ1) is 10.2. The minimum Gasteiger partial charge on any atom is -0.337 e. The van der Waals surface area contributed by atoms with Gasteiger partial charge in [-0.2, -0.15) is 0 Å². The molecule has 0 unspecified atom stereocenters. The number of hydrogen-bond acceptors (Lipinski definition) is 4. The summed E-state index contributed by atoms with van der Waals surface area (Å²) in [6.07, 6.45) is 9.31. The Morgan fingerprint density at radius 2 is 1.90 bits per heavy atom. The largest absolute Gasteiger partial charge is 0.337 e. The van der Waals surface area contributed by atoms with Crippen LogP contribution in [-0.4, -0.2) is 64.7 Å². The topological polar surface area (TPSA) is 50.3 Å². The molecule has 5 heteroatoms. The van der Waals surface area contributed by atoms with Gasteiger partial charge in [-0.25, -0.2) is 4.98 Å². The Kier molecular flexibility index (Phi) is 4.93. The third-order valence-electron chi connectivity index (χ3n) is 5.07. The van der Waals surface area contributed by atoms with Crippen LogP contribution in [0.5, 0.6) is 0 Å². The van der Waals surface area contributed by atoms with Crippen molar-refractivity contribution in [2.24, 2.45) is 12.8 Å². The average Bonchev–Trinajstić information content (AvgIpc) is 3.06. The zero-order valence-electron chi connectivity index (χ0n) is 13.2. The first-order valence-electron chi connectivity index (χ1n) is 8.40. The van der Waals surface area contributed by atoms with Crippen molar-refractivity contribution in [2.45, 2.75) is 37.6 Å². The van der Waals surface area contributed by atoms with Gasteiger partial charge in [0.1, 0.15) is 0 Å². The number of imidazole rings is 1. The van der Waals surface area contributed by atoms with E-state index in [2.05, 4.69) is 26.4 Å². The van der Waals surface area contributed by atoms with Gasteiger partial charge in [0.05, 0.1) is 6.33 Å². The number of aryl methyl sites for hydroxylation is 1. The number of aromatic nitrogens is 2. The smallest absolute Gasteiger partial charge is 0.0945 e. The SMILES string of the molecule is Cn1cncc1[C@@H]1CN(CCCN2CCCCC2)C[C@H]1N. The van der Waals surface area contributed by atoms with Gasteiger partial charge in [0.15, 0.2) is 0 Å². The van der Waals surface area contributed by atoms with Crippen LogP contribution >= 0.6 is 0 Å². The number of nitrogens with two attached hydrogens (primary N) is 1. The molecule has 118 valence electrons. The summed E-state index contributed by atoms with van der Waals surface area (Å²) in [4.78, 5) is 9.39. The molecular formula is C16H29N5. The van der Waals surface area contributed by atoms with E-state index in [0.29, 0.717) is 5.92 Å². The van der Waals surface area contributed by atoms with E-state index in [1.165, 1.54) is 57.6 Å². The van der Waals surface area contributed by atoms with E-state index in [1.807, 2.05) is 12.5 Å². The quantitative estimate of drug-likeness (QED) is 0.880. The highest BCUT2D eigenvalue weighted by Gasteiger charge is 2.32. The predicted octanol–water partition coefficient (Wildman–Crippen LogP) is 1.02. The summed E-state index contributed by atoms with van der Waals surface area (Å²) >= 11 is 0. The van der Waals surface area contributed by atoms with Crippen molar-refractivity contribution in [3.8, 4) is 0 Å². The maximum atomic E-state index is 6.35. The zero-order valence-corrected chi connectivity index (χ0v) is 13.2. The van der Waals surface area contributed by atoms with E-state index >= 15 is 0 Å². The number of likely N-dealkylation sites (tertiary alicyclic amines) is 2. The van der Waals surface area contributed by atoms with Crippen LogP contribution in [0, 0.1) is 0 Å². The monoisotopic (exact) mass is 291 g/mol. The Bertz CT molecular complexity index is 438. The van der Waals surface area contributed by atoms with Crippen LogP contribution in [0.4, 0.5) is 0 Å². The Morgan fingerprint density at radius 3 is 2.62 bits per heavy atom. The van der Waals surface area contributed by atoms with Gasteiger partial charge in [0.25, 0.3) is 0 Å². The lowest BCUT2D eigenvalue weighted by Gasteiger charge is -2.27. The molecule has 1 aromatic rings. The van der Waals surface area contributed by atoms with E-state index in [4.69, 9.17) is 5.73 Å². The third kappa shape index (κ3) is 3.65. The molecule has 2 N–H and O–H groups in total. The lowest BCUT2D eigenvalue weighted by molar-refractivity contribution is 0.211. The number of hydrogen-bond donors (Lipinski definition) is 1. The Morgan fingerprint density at radius 1 is 1.14 bits per heavy atom. The van der Waals surface area contributed by atoms with E-state index in [1.54, 1.807) is 0 Å².